The van der Waals surface area contributed by atoms with Gasteiger partial charge in [0, 0.05) is 24.1 Å². The molecule has 1 atom stereocenters. The van der Waals surface area contributed by atoms with Gasteiger partial charge in [-0.2, -0.15) is 0 Å². The van der Waals surface area contributed by atoms with Gasteiger partial charge >= 0.3 is 5.69 Å². The summed E-state index contributed by atoms with van der Waals surface area (Å²) in [6, 6.07) is 5.79. The second-order valence-electron chi connectivity index (χ2n) is 5.39. The zero-order chi connectivity index (χ0) is 14.9. The van der Waals surface area contributed by atoms with Gasteiger partial charge in [-0.05, 0) is 25.0 Å². The van der Waals surface area contributed by atoms with Crippen LogP contribution >= 0.6 is 11.3 Å². The molecule has 6 nitrogen and oxygen atoms in total. The van der Waals surface area contributed by atoms with Gasteiger partial charge in [0.2, 0.25) is 0 Å². The molecule has 1 aromatic carbocycles. The second-order valence-corrected chi connectivity index (χ2v) is 6.25. The van der Waals surface area contributed by atoms with E-state index in [1.54, 1.807) is 11.3 Å². The molecule has 3 aromatic rings. The molecule has 1 aliphatic rings. The second kappa shape index (κ2) is 5.58. The minimum absolute atomic E-state index is 0.190. The van der Waals surface area contributed by atoms with Crippen molar-refractivity contribution < 1.29 is 4.74 Å². The fourth-order valence-electron chi connectivity index (χ4n) is 2.69. The van der Waals surface area contributed by atoms with Crippen LogP contribution in [0.4, 0.5) is 5.13 Å². The lowest BCUT2D eigenvalue weighted by Crippen LogP contribution is -2.18. The highest BCUT2D eigenvalue weighted by atomic mass is 32.1. The molecule has 1 aliphatic heterocycles. The van der Waals surface area contributed by atoms with Crippen LogP contribution in [0.2, 0.25) is 0 Å². The van der Waals surface area contributed by atoms with E-state index in [9.17, 15) is 4.79 Å². The quantitative estimate of drug-likeness (QED) is 0.691. The molecule has 0 aliphatic carbocycles. The zero-order valence-electron chi connectivity index (χ0n) is 11.9. The van der Waals surface area contributed by atoms with Crippen LogP contribution in [0.1, 0.15) is 12.8 Å². The molecule has 22 heavy (non-hydrogen) atoms. The Hall–Kier alpha value is -2.12. The van der Waals surface area contributed by atoms with E-state index in [1.165, 1.54) is 0 Å². The Morgan fingerprint density at radius 2 is 2.27 bits per heavy atom. The molecule has 0 unspecified atom stereocenters. The molecule has 0 spiro atoms. The van der Waals surface area contributed by atoms with Crippen molar-refractivity contribution in [3.05, 3.63) is 34.1 Å². The molecule has 0 bridgehead atoms. The van der Waals surface area contributed by atoms with Crippen molar-refractivity contribution in [2.24, 2.45) is 0 Å². The minimum Gasteiger partial charge on any atom is -0.376 e. The van der Waals surface area contributed by atoms with Crippen LogP contribution in [0, 0.1) is 0 Å². The van der Waals surface area contributed by atoms with Gasteiger partial charge in [0.1, 0.15) is 0 Å². The average molecular weight is 316 g/mol. The monoisotopic (exact) mass is 316 g/mol. The Morgan fingerprint density at radius 3 is 3.14 bits per heavy atom. The Morgan fingerprint density at radius 1 is 1.36 bits per heavy atom. The summed E-state index contributed by atoms with van der Waals surface area (Å²) in [5.74, 6) is 0. The van der Waals surface area contributed by atoms with Gasteiger partial charge in [-0.25, -0.2) is 9.78 Å². The van der Waals surface area contributed by atoms with Crippen LogP contribution in [0.3, 0.4) is 0 Å². The van der Waals surface area contributed by atoms with Crippen LogP contribution in [0.25, 0.3) is 22.3 Å². The van der Waals surface area contributed by atoms with Crippen LogP contribution in [-0.4, -0.2) is 34.2 Å². The van der Waals surface area contributed by atoms with E-state index in [0.717, 1.165) is 53.4 Å². The molecule has 2 aromatic heterocycles. The van der Waals surface area contributed by atoms with Crippen molar-refractivity contribution in [2.45, 2.75) is 18.9 Å². The predicted molar refractivity (Wildman–Crippen MR) is 87.5 cm³/mol. The fourth-order valence-corrected chi connectivity index (χ4v) is 3.42. The maximum absolute atomic E-state index is 11.3. The number of H-pyrrole nitrogens is 2. The maximum Gasteiger partial charge on any atom is 0.323 e. The third-order valence-electron chi connectivity index (χ3n) is 3.82. The predicted octanol–water partition coefficient (Wildman–Crippen LogP) is 2.57. The number of thiazole rings is 1. The summed E-state index contributed by atoms with van der Waals surface area (Å²) in [7, 11) is 0. The summed E-state index contributed by atoms with van der Waals surface area (Å²) < 4.78 is 5.59. The van der Waals surface area contributed by atoms with Crippen molar-refractivity contribution in [1.82, 2.24) is 15.0 Å². The summed E-state index contributed by atoms with van der Waals surface area (Å²) in [4.78, 5) is 21.4. The number of anilines is 1. The molecule has 0 radical (unpaired) electrons. The Kier molecular flexibility index (Phi) is 3.44. The van der Waals surface area contributed by atoms with Gasteiger partial charge in [0.25, 0.3) is 0 Å². The highest BCUT2D eigenvalue weighted by molar-refractivity contribution is 7.14. The molecule has 3 N–H and O–H groups in total. The number of aromatic nitrogens is 3. The lowest BCUT2D eigenvalue weighted by Gasteiger charge is -2.09. The smallest absolute Gasteiger partial charge is 0.323 e. The molecule has 1 saturated heterocycles. The van der Waals surface area contributed by atoms with Gasteiger partial charge in [0.15, 0.2) is 5.13 Å². The molecule has 114 valence electrons. The number of aromatic amines is 2. The molecule has 0 saturated carbocycles. The van der Waals surface area contributed by atoms with Crippen LogP contribution in [0.15, 0.2) is 28.4 Å². The number of nitrogens with one attached hydrogen (secondary N) is 3. The van der Waals surface area contributed by atoms with Gasteiger partial charge in [-0.1, -0.05) is 6.07 Å². The number of imidazole rings is 1. The molecule has 0 amide bonds. The number of hydrogen-bond donors (Lipinski definition) is 3. The Bertz CT molecular complexity index is 844. The van der Waals surface area contributed by atoms with Crippen LogP contribution in [-0.2, 0) is 4.74 Å². The van der Waals surface area contributed by atoms with E-state index >= 15 is 0 Å². The van der Waals surface area contributed by atoms with E-state index in [-0.39, 0.29) is 5.69 Å². The average Bonchev–Trinajstić information content (AvgIpc) is 3.24. The number of nitrogens with zero attached hydrogens (tertiary/aromatic N) is 1. The summed E-state index contributed by atoms with van der Waals surface area (Å²) in [5.41, 5.74) is 3.31. The van der Waals surface area contributed by atoms with Crippen LogP contribution in [0.5, 0.6) is 0 Å². The molecular formula is C15H16N4O2S. The first kappa shape index (κ1) is 13.5. The Labute approximate surface area is 130 Å². The third kappa shape index (κ3) is 2.65. The van der Waals surface area contributed by atoms with Gasteiger partial charge in [-0.3, -0.25) is 0 Å². The van der Waals surface area contributed by atoms with Gasteiger partial charge < -0.3 is 20.0 Å². The molecule has 7 heteroatoms. The highest BCUT2D eigenvalue weighted by Gasteiger charge is 2.15. The lowest BCUT2D eigenvalue weighted by molar-refractivity contribution is 0.120. The normalized spacial score (nSPS) is 18.1. The van der Waals surface area contributed by atoms with Crippen molar-refractivity contribution in [3.8, 4) is 11.3 Å². The van der Waals surface area contributed by atoms with E-state index in [2.05, 4.69) is 20.3 Å². The maximum atomic E-state index is 11.3. The van der Waals surface area contributed by atoms with Gasteiger partial charge in [-0.15, -0.1) is 11.3 Å². The number of ether oxygens (including phenoxy) is 1. The van der Waals surface area contributed by atoms with E-state index in [1.807, 2.05) is 23.6 Å². The molecule has 3 heterocycles. The van der Waals surface area contributed by atoms with Gasteiger partial charge in [0.05, 0.1) is 22.8 Å². The van der Waals surface area contributed by atoms with Crippen molar-refractivity contribution in [3.63, 3.8) is 0 Å². The first-order valence-corrected chi connectivity index (χ1v) is 8.19. The Balaban J connectivity index is 1.52. The SMILES string of the molecule is O=c1[nH]c2ccc(-c3csc(NC[C@H]4CCCO4)n3)cc2[nH]1. The van der Waals surface area contributed by atoms with E-state index in [4.69, 9.17) is 4.74 Å². The van der Waals surface area contributed by atoms with Crippen molar-refractivity contribution in [2.75, 3.05) is 18.5 Å². The molecule has 4 rings (SSSR count). The molecule has 1 fully saturated rings. The minimum atomic E-state index is -0.190. The van der Waals surface area contributed by atoms with E-state index < -0.39 is 0 Å². The fraction of sp³-hybridized carbons (Fsp3) is 0.333. The first-order valence-electron chi connectivity index (χ1n) is 7.31. The van der Waals surface area contributed by atoms with Crippen molar-refractivity contribution in [1.29, 1.82) is 0 Å². The number of rotatable bonds is 4. The number of hydrogen-bond acceptors (Lipinski definition) is 5. The summed E-state index contributed by atoms with van der Waals surface area (Å²) in [5, 5.41) is 6.25. The first-order chi connectivity index (χ1) is 10.8. The highest BCUT2D eigenvalue weighted by Crippen LogP contribution is 2.26. The van der Waals surface area contributed by atoms with E-state index in [0.29, 0.717) is 6.10 Å². The number of fused-ring (bicyclic) bond motifs is 1. The standard InChI is InChI=1S/C15H16N4O2S/c20-14-17-11-4-3-9(6-12(11)18-14)13-8-22-15(19-13)16-7-10-2-1-5-21-10/h3-4,6,8,10H,1-2,5,7H2,(H,16,19)(H2,17,18,20)/t10-/m1/s1. The number of benzene rings is 1. The summed E-state index contributed by atoms with van der Waals surface area (Å²) in [6.07, 6.45) is 2.56. The lowest BCUT2D eigenvalue weighted by atomic mass is 10.1. The summed E-state index contributed by atoms with van der Waals surface area (Å²) in [6.45, 7) is 1.67. The third-order valence-corrected chi connectivity index (χ3v) is 4.62. The topological polar surface area (TPSA) is 82.8 Å². The molecular weight excluding hydrogens is 300 g/mol. The largest absolute Gasteiger partial charge is 0.376 e. The van der Waals surface area contributed by atoms with Crippen molar-refractivity contribution >= 4 is 27.5 Å². The summed E-state index contributed by atoms with van der Waals surface area (Å²) >= 11 is 1.58. The van der Waals surface area contributed by atoms with Crippen LogP contribution < -0.4 is 11.0 Å². The zero-order valence-corrected chi connectivity index (χ0v) is 12.7.